The molecule has 0 rings (SSSR count). The lowest BCUT2D eigenvalue weighted by Gasteiger charge is -2.24. The first-order valence-corrected chi connectivity index (χ1v) is 4.85. The zero-order valence-electron chi connectivity index (χ0n) is 9.52. The van der Waals surface area contributed by atoms with Crippen LogP contribution >= 0.6 is 0 Å². The molecule has 13 heavy (non-hydrogen) atoms. The predicted octanol–water partition coefficient (Wildman–Crippen LogP) is 1.19. The summed E-state index contributed by atoms with van der Waals surface area (Å²) >= 11 is 0. The number of hydrogen-bond donors (Lipinski definition) is 1. The fraction of sp³-hybridized carbons (Fsp3) is 0.818. The van der Waals surface area contributed by atoms with Gasteiger partial charge in [-0.05, 0) is 26.9 Å². The molecule has 0 saturated carbocycles. The third kappa shape index (κ3) is 6.62. The van der Waals surface area contributed by atoms with E-state index in [1.54, 1.807) is 0 Å². The van der Waals surface area contributed by atoms with Gasteiger partial charge in [0.25, 0.3) is 0 Å². The molecule has 0 aromatic rings. The fourth-order valence-corrected chi connectivity index (χ4v) is 1.17. The second-order valence-electron chi connectivity index (χ2n) is 3.92. The summed E-state index contributed by atoms with van der Waals surface area (Å²) in [6.07, 6.45) is 0. The van der Waals surface area contributed by atoms with E-state index in [9.17, 15) is 0 Å². The molecule has 76 valence electrons. The number of rotatable bonds is 5. The Labute approximate surface area is 82.7 Å². The zero-order valence-corrected chi connectivity index (χ0v) is 9.52. The summed E-state index contributed by atoms with van der Waals surface area (Å²) < 4.78 is 0. The molecule has 0 aliphatic rings. The lowest BCUT2D eigenvalue weighted by molar-refractivity contribution is 0.296. The molecule has 0 heterocycles. The second-order valence-corrected chi connectivity index (χ2v) is 3.92. The molecule has 0 saturated heterocycles. The Hall–Kier alpha value is -0.520. The molecule has 0 radical (unpaired) electrons. The van der Waals surface area contributed by atoms with Crippen LogP contribution in [0.2, 0.25) is 0 Å². The fourth-order valence-electron chi connectivity index (χ4n) is 1.17. The summed E-state index contributed by atoms with van der Waals surface area (Å²) in [6, 6.07) is 0.538. The van der Waals surface area contributed by atoms with Crippen molar-refractivity contribution in [1.29, 1.82) is 0 Å². The SMILES string of the molecule is CC#CCNC(CN(C)C)C(C)C. The maximum Gasteiger partial charge on any atom is 0.0579 e. The van der Waals surface area contributed by atoms with E-state index in [1.165, 1.54) is 0 Å². The van der Waals surface area contributed by atoms with Gasteiger partial charge in [-0.2, -0.15) is 0 Å². The summed E-state index contributed by atoms with van der Waals surface area (Å²) in [7, 11) is 4.20. The zero-order chi connectivity index (χ0) is 10.3. The van der Waals surface area contributed by atoms with Gasteiger partial charge in [-0.15, -0.1) is 5.92 Å². The van der Waals surface area contributed by atoms with Gasteiger partial charge in [-0.25, -0.2) is 0 Å². The molecule has 0 aromatic heterocycles. The molecule has 0 fully saturated rings. The van der Waals surface area contributed by atoms with Gasteiger partial charge in [0.1, 0.15) is 0 Å². The monoisotopic (exact) mass is 182 g/mol. The van der Waals surface area contributed by atoms with E-state index in [4.69, 9.17) is 0 Å². The molecule has 1 unspecified atom stereocenters. The minimum Gasteiger partial charge on any atom is -0.308 e. The molecular formula is C11H22N2. The molecule has 0 spiro atoms. The van der Waals surface area contributed by atoms with Crippen molar-refractivity contribution in [2.24, 2.45) is 5.92 Å². The van der Waals surface area contributed by atoms with Crippen LogP contribution in [0.1, 0.15) is 20.8 Å². The van der Waals surface area contributed by atoms with Crippen molar-refractivity contribution in [3.05, 3.63) is 0 Å². The maximum absolute atomic E-state index is 3.44. The van der Waals surface area contributed by atoms with Gasteiger partial charge in [0.05, 0.1) is 6.54 Å². The average molecular weight is 182 g/mol. The summed E-state index contributed by atoms with van der Waals surface area (Å²) in [5, 5.41) is 3.44. The van der Waals surface area contributed by atoms with Crippen molar-refractivity contribution in [3.63, 3.8) is 0 Å². The molecule has 0 aromatic carbocycles. The van der Waals surface area contributed by atoms with Crippen LogP contribution < -0.4 is 5.32 Å². The highest BCUT2D eigenvalue weighted by Gasteiger charge is 2.12. The van der Waals surface area contributed by atoms with Crippen molar-refractivity contribution < 1.29 is 0 Å². The van der Waals surface area contributed by atoms with E-state index in [1.807, 2.05) is 6.92 Å². The average Bonchev–Trinajstić information content (AvgIpc) is 2.02. The van der Waals surface area contributed by atoms with Gasteiger partial charge in [0.15, 0.2) is 0 Å². The molecule has 1 N–H and O–H groups in total. The van der Waals surface area contributed by atoms with Gasteiger partial charge in [-0.3, -0.25) is 0 Å². The van der Waals surface area contributed by atoms with Crippen molar-refractivity contribution in [2.75, 3.05) is 27.2 Å². The van der Waals surface area contributed by atoms with E-state index in [0.717, 1.165) is 13.1 Å². The molecule has 1 atom stereocenters. The Morgan fingerprint density at radius 1 is 1.31 bits per heavy atom. The summed E-state index contributed by atoms with van der Waals surface area (Å²) in [5.41, 5.74) is 0. The van der Waals surface area contributed by atoms with Crippen LogP contribution in [-0.4, -0.2) is 38.1 Å². The van der Waals surface area contributed by atoms with Gasteiger partial charge < -0.3 is 10.2 Å². The van der Waals surface area contributed by atoms with Crippen molar-refractivity contribution in [3.8, 4) is 11.8 Å². The molecule has 0 aliphatic heterocycles. The van der Waals surface area contributed by atoms with Crippen LogP contribution in [-0.2, 0) is 0 Å². The van der Waals surface area contributed by atoms with E-state index >= 15 is 0 Å². The predicted molar refractivity (Wildman–Crippen MR) is 58.6 cm³/mol. The van der Waals surface area contributed by atoms with E-state index in [-0.39, 0.29) is 0 Å². The maximum atomic E-state index is 3.44. The van der Waals surface area contributed by atoms with E-state index in [0.29, 0.717) is 12.0 Å². The number of nitrogens with one attached hydrogen (secondary N) is 1. The largest absolute Gasteiger partial charge is 0.308 e. The Balaban J connectivity index is 3.85. The summed E-state index contributed by atoms with van der Waals surface area (Å²) in [4.78, 5) is 2.21. The highest BCUT2D eigenvalue weighted by Crippen LogP contribution is 2.01. The van der Waals surface area contributed by atoms with Crippen molar-refractivity contribution >= 4 is 0 Å². The standard InChI is InChI=1S/C11H22N2/c1-6-7-8-12-11(10(2)3)9-13(4)5/h10-12H,8-9H2,1-5H3. The van der Waals surface area contributed by atoms with Gasteiger partial charge in [-0.1, -0.05) is 19.8 Å². The quantitative estimate of drug-likeness (QED) is 0.642. The van der Waals surface area contributed by atoms with Crippen LogP contribution in [0.15, 0.2) is 0 Å². The Morgan fingerprint density at radius 2 is 1.92 bits per heavy atom. The van der Waals surface area contributed by atoms with Crippen LogP contribution in [0.5, 0.6) is 0 Å². The Bertz CT molecular complexity index is 174. The van der Waals surface area contributed by atoms with Gasteiger partial charge in [0.2, 0.25) is 0 Å². The first-order valence-electron chi connectivity index (χ1n) is 4.85. The molecule has 2 nitrogen and oxygen atoms in total. The topological polar surface area (TPSA) is 15.3 Å². The van der Waals surface area contributed by atoms with Crippen LogP contribution in [0.4, 0.5) is 0 Å². The summed E-state index contributed by atoms with van der Waals surface area (Å²) in [5.74, 6) is 6.57. The minimum absolute atomic E-state index is 0.538. The Morgan fingerprint density at radius 3 is 2.31 bits per heavy atom. The first kappa shape index (κ1) is 12.5. The highest BCUT2D eigenvalue weighted by molar-refractivity contribution is 4.98. The molecule has 0 bridgehead atoms. The molecule has 0 aliphatic carbocycles. The third-order valence-corrected chi connectivity index (χ3v) is 2.00. The molecule has 2 heteroatoms. The van der Waals surface area contributed by atoms with Crippen LogP contribution in [0.3, 0.4) is 0 Å². The lowest BCUT2D eigenvalue weighted by atomic mass is 10.0. The third-order valence-electron chi connectivity index (χ3n) is 2.00. The minimum atomic E-state index is 0.538. The van der Waals surface area contributed by atoms with E-state index < -0.39 is 0 Å². The second kappa shape index (κ2) is 6.94. The number of nitrogens with zero attached hydrogens (tertiary/aromatic N) is 1. The number of likely N-dealkylation sites (N-methyl/N-ethyl adjacent to an activating group) is 1. The van der Waals surface area contributed by atoms with Crippen LogP contribution in [0.25, 0.3) is 0 Å². The van der Waals surface area contributed by atoms with Crippen molar-refractivity contribution in [1.82, 2.24) is 10.2 Å². The molecular weight excluding hydrogens is 160 g/mol. The van der Waals surface area contributed by atoms with Gasteiger partial charge in [0, 0.05) is 12.6 Å². The first-order chi connectivity index (χ1) is 6.07. The number of hydrogen-bond acceptors (Lipinski definition) is 2. The van der Waals surface area contributed by atoms with E-state index in [2.05, 4.69) is 50.0 Å². The normalized spacial score (nSPS) is 12.8. The summed E-state index contributed by atoms with van der Waals surface area (Å²) in [6.45, 7) is 8.22. The highest BCUT2D eigenvalue weighted by atomic mass is 15.1. The smallest absolute Gasteiger partial charge is 0.0579 e. The Kier molecular flexibility index (Phi) is 6.66. The lowest BCUT2D eigenvalue weighted by Crippen LogP contribution is -2.42. The van der Waals surface area contributed by atoms with Crippen molar-refractivity contribution in [2.45, 2.75) is 26.8 Å². The molecule has 0 amide bonds. The van der Waals surface area contributed by atoms with Gasteiger partial charge >= 0.3 is 0 Å². The van der Waals surface area contributed by atoms with Crippen LogP contribution in [0, 0.1) is 17.8 Å².